The van der Waals surface area contributed by atoms with E-state index in [9.17, 15) is 14.7 Å². The van der Waals surface area contributed by atoms with E-state index in [-0.39, 0.29) is 5.41 Å². The molecule has 2 aromatic heterocycles. The molecule has 220 valence electrons. The molecular formula is C30H44N4O6. The first-order valence-corrected chi connectivity index (χ1v) is 13.6. The summed E-state index contributed by atoms with van der Waals surface area (Å²) in [5.74, 6) is -0.806. The first-order valence-electron chi connectivity index (χ1n) is 13.6. The Bertz CT molecular complexity index is 1200. The van der Waals surface area contributed by atoms with Gasteiger partial charge in [-0.1, -0.05) is 47.6 Å². The van der Waals surface area contributed by atoms with Crippen LogP contribution in [0.15, 0.2) is 30.5 Å². The van der Waals surface area contributed by atoms with Crippen LogP contribution < -0.4 is 14.8 Å². The van der Waals surface area contributed by atoms with Gasteiger partial charge in [0.2, 0.25) is 11.8 Å². The van der Waals surface area contributed by atoms with Crippen molar-refractivity contribution < 1.29 is 28.9 Å². The van der Waals surface area contributed by atoms with Gasteiger partial charge in [0, 0.05) is 46.9 Å². The monoisotopic (exact) mass is 556 g/mol. The lowest BCUT2D eigenvalue weighted by molar-refractivity contribution is -0.144. The van der Waals surface area contributed by atoms with Crippen LogP contribution in [-0.2, 0) is 21.5 Å². The average Bonchev–Trinajstić information content (AvgIpc) is 3.22. The van der Waals surface area contributed by atoms with Crippen molar-refractivity contribution in [2.24, 2.45) is 11.3 Å². The van der Waals surface area contributed by atoms with Gasteiger partial charge in [-0.05, 0) is 37.5 Å². The fraction of sp³-hybridized carbons (Fsp3) is 0.600. The molecule has 0 unspecified atom stereocenters. The van der Waals surface area contributed by atoms with Crippen molar-refractivity contribution in [2.75, 3.05) is 14.2 Å². The second-order valence-electron chi connectivity index (χ2n) is 12.6. The maximum Gasteiger partial charge on any atom is 0.411 e. The summed E-state index contributed by atoms with van der Waals surface area (Å²) < 4.78 is 16.8. The highest BCUT2D eigenvalue weighted by molar-refractivity contribution is 5.82. The van der Waals surface area contributed by atoms with Gasteiger partial charge >= 0.3 is 12.1 Å². The Kier molecular flexibility index (Phi) is 9.34. The van der Waals surface area contributed by atoms with Crippen LogP contribution in [0.5, 0.6) is 11.8 Å². The number of hydrogen-bond donors (Lipinski definition) is 2. The number of nitrogens with zero attached hydrogens (tertiary/aromatic N) is 3. The second kappa shape index (κ2) is 12.0. The van der Waals surface area contributed by atoms with Crippen molar-refractivity contribution in [1.29, 1.82) is 0 Å². The molecule has 0 aliphatic carbocycles. The molecule has 1 amide bonds. The molecule has 4 atom stereocenters. The van der Waals surface area contributed by atoms with E-state index in [1.807, 2.05) is 39.0 Å². The van der Waals surface area contributed by atoms with Crippen molar-refractivity contribution in [3.05, 3.63) is 47.3 Å². The Morgan fingerprint density at radius 2 is 1.70 bits per heavy atom. The first-order chi connectivity index (χ1) is 18.6. The summed E-state index contributed by atoms with van der Waals surface area (Å²) in [5, 5.41) is 14.1. The van der Waals surface area contributed by atoms with Gasteiger partial charge in [0.15, 0.2) is 0 Å². The number of rotatable bonds is 8. The third-order valence-electron chi connectivity index (χ3n) is 7.21. The normalized spacial score (nSPS) is 21.4. The summed E-state index contributed by atoms with van der Waals surface area (Å²) in [6, 6.07) is 5.09. The smallest absolute Gasteiger partial charge is 0.411 e. The van der Waals surface area contributed by atoms with Crippen LogP contribution in [0.3, 0.4) is 0 Å². The molecule has 1 saturated heterocycles. The number of carbonyl (C=O) groups is 2. The number of likely N-dealkylation sites (tertiary alicyclic amines) is 1. The Balaban J connectivity index is 2.17. The molecule has 0 radical (unpaired) electrons. The number of carbonyl (C=O) groups excluding carboxylic acids is 1. The number of ether oxygens (including phenoxy) is 3. The number of carboxylic acids is 1. The molecule has 1 aliphatic rings. The van der Waals surface area contributed by atoms with E-state index in [2.05, 4.69) is 31.1 Å². The Hall–Kier alpha value is -3.40. The molecular weight excluding hydrogens is 512 g/mol. The van der Waals surface area contributed by atoms with Gasteiger partial charge in [-0.3, -0.25) is 4.90 Å². The lowest BCUT2D eigenvalue weighted by atomic mass is 9.72. The van der Waals surface area contributed by atoms with Gasteiger partial charge < -0.3 is 24.6 Å². The molecule has 0 bridgehead atoms. The molecule has 2 aromatic rings. The van der Waals surface area contributed by atoms with E-state index in [1.165, 1.54) is 12.0 Å². The Labute approximate surface area is 237 Å². The van der Waals surface area contributed by atoms with Crippen LogP contribution in [0.1, 0.15) is 78.3 Å². The van der Waals surface area contributed by atoms with Crippen molar-refractivity contribution >= 4 is 12.1 Å². The Morgan fingerprint density at radius 1 is 1.05 bits per heavy atom. The number of methoxy groups -OCH3 is 2. The standard InChI is InChI=1S/C30H44N4O6/c1-17(2)40-28(37)34-23(19-12-11-15-31-26(19)39-10)22(21(30(6,7)8)24(34)27(35)36)32-16-18-13-14-20(29(3,4)5)33-25(18)38-9/h11-15,17,21-24,32H,16H2,1-10H3,(H,35,36)/t21-,22-,23-,24-/m0/s1. The minimum atomic E-state index is -1.16. The summed E-state index contributed by atoms with van der Waals surface area (Å²) in [4.78, 5) is 36.9. The summed E-state index contributed by atoms with van der Waals surface area (Å²) in [7, 11) is 3.09. The van der Waals surface area contributed by atoms with Crippen molar-refractivity contribution in [3.63, 3.8) is 0 Å². The molecule has 0 spiro atoms. The number of carboxylic acid groups (broad SMARTS) is 1. The van der Waals surface area contributed by atoms with E-state index in [1.54, 1.807) is 33.2 Å². The number of aromatic nitrogens is 2. The van der Waals surface area contributed by atoms with E-state index >= 15 is 0 Å². The van der Waals surface area contributed by atoms with Crippen LogP contribution in [0, 0.1) is 11.3 Å². The zero-order valence-electron chi connectivity index (χ0n) is 25.3. The van der Waals surface area contributed by atoms with Crippen molar-refractivity contribution in [2.45, 2.75) is 91.6 Å². The lowest BCUT2D eigenvalue weighted by Crippen LogP contribution is -2.48. The van der Waals surface area contributed by atoms with Gasteiger partial charge in [-0.2, -0.15) is 0 Å². The third kappa shape index (κ3) is 6.49. The highest BCUT2D eigenvalue weighted by Crippen LogP contribution is 2.49. The number of aliphatic carboxylic acids is 1. The molecule has 3 rings (SSSR count). The molecule has 10 heteroatoms. The minimum absolute atomic E-state index is 0.157. The Morgan fingerprint density at radius 3 is 2.23 bits per heavy atom. The topological polar surface area (TPSA) is 123 Å². The summed E-state index contributed by atoms with van der Waals surface area (Å²) in [6.07, 6.45) is 0.459. The number of hydrogen-bond acceptors (Lipinski definition) is 8. The number of nitrogens with one attached hydrogen (secondary N) is 1. The van der Waals surface area contributed by atoms with Gasteiger partial charge in [0.25, 0.3) is 0 Å². The fourth-order valence-electron chi connectivity index (χ4n) is 5.49. The van der Waals surface area contributed by atoms with E-state index < -0.39 is 47.6 Å². The summed E-state index contributed by atoms with van der Waals surface area (Å²) >= 11 is 0. The van der Waals surface area contributed by atoms with Crippen LogP contribution in [0.25, 0.3) is 0 Å². The van der Waals surface area contributed by atoms with Gasteiger partial charge in [0.1, 0.15) is 6.04 Å². The molecule has 2 N–H and O–H groups in total. The average molecular weight is 557 g/mol. The lowest BCUT2D eigenvalue weighted by Gasteiger charge is -2.35. The second-order valence-corrected chi connectivity index (χ2v) is 12.6. The van der Waals surface area contributed by atoms with E-state index in [0.717, 1.165) is 11.3 Å². The van der Waals surface area contributed by atoms with Crippen LogP contribution in [0.4, 0.5) is 4.79 Å². The van der Waals surface area contributed by atoms with Crippen LogP contribution >= 0.6 is 0 Å². The molecule has 40 heavy (non-hydrogen) atoms. The SMILES string of the molecule is COc1nc(C(C)(C)C)ccc1CN[C@H]1[C@H](C(C)(C)C)[C@@H](C(=O)O)N(C(=O)OC(C)C)[C@H]1c1cccnc1OC. The number of amides is 1. The van der Waals surface area contributed by atoms with E-state index in [0.29, 0.717) is 23.9 Å². The number of pyridine rings is 2. The minimum Gasteiger partial charge on any atom is -0.481 e. The predicted octanol–water partition coefficient (Wildman–Crippen LogP) is 4.97. The quantitative estimate of drug-likeness (QED) is 0.464. The fourth-order valence-corrected chi connectivity index (χ4v) is 5.49. The van der Waals surface area contributed by atoms with Crippen molar-refractivity contribution in [1.82, 2.24) is 20.2 Å². The van der Waals surface area contributed by atoms with Gasteiger partial charge in [0.05, 0.1) is 26.4 Å². The predicted molar refractivity (Wildman–Crippen MR) is 151 cm³/mol. The zero-order chi connectivity index (χ0) is 30.0. The van der Waals surface area contributed by atoms with E-state index in [4.69, 9.17) is 19.2 Å². The van der Waals surface area contributed by atoms with Gasteiger partial charge in [-0.15, -0.1) is 0 Å². The summed E-state index contributed by atoms with van der Waals surface area (Å²) in [6.45, 7) is 16.0. The highest BCUT2D eigenvalue weighted by atomic mass is 16.6. The largest absolute Gasteiger partial charge is 0.481 e. The highest BCUT2D eigenvalue weighted by Gasteiger charge is 2.59. The molecule has 0 aromatic carbocycles. The first kappa shape index (κ1) is 31.1. The van der Waals surface area contributed by atoms with Crippen LogP contribution in [0.2, 0.25) is 0 Å². The zero-order valence-corrected chi connectivity index (χ0v) is 25.3. The third-order valence-corrected chi connectivity index (χ3v) is 7.21. The maximum atomic E-state index is 13.6. The van der Waals surface area contributed by atoms with Crippen LogP contribution in [-0.4, -0.2) is 64.4 Å². The molecule has 0 saturated carbocycles. The van der Waals surface area contributed by atoms with Gasteiger partial charge in [-0.25, -0.2) is 19.6 Å². The molecule has 1 aliphatic heterocycles. The summed E-state index contributed by atoms with van der Waals surface area (Å²) in [5.41, 5.74) is 1.63. The molecule has 1 fully saturated rings. The molecule has 10 nitrogen and oxygen atoms in total. The molecule has 3 heterocycles. The maximum absolute atomic E-state index is 13.6. The van der Waals surface area contributed by atoms with Crippen molar-refractivity contribution in [3.8, 4) is 11.8 Å².